The lowest BCUT2D eigenvalue weighted by atomic mass is 9.77. The third kappa shape index (κ3) is 5.53. The summed E-state index contributed by atoms with van der Waals surface area (Å²) in [7, 11) is 2.10. The van der Waals surface area contributed by atoms with Gasteiger partial charge in [-0.25, -0.2) is 4.98 Å². The number of nitrogens with one attached hydrogen (secondary N) is 1. The molecule has 0 aliphatic carbocycles. The van der Waals surface area contributed by atoms with Crippen molar-refractivity contribution < 1.29 is 0 Å². The van der Waals surface area contributed by atoms with Crippen molar-refractivity contribution in [2.45, 2.75) is 31.2 Å². The molecule has 0 spiro atoms. The standard InChI is InChI=1S/C37H36N4S/c1-40-26-29(34-21-11-12-22-35(34)40)23-24-36(42)38-25-13-20-33-27-41(28-39-33)37(30-14-5-2-6-15-30,31-16-7-3-8-17-31)32-18-9-4-10-19-32/h2-12,14-19,21-22,26-28H,13,20,23-25H2,1H3,(H,38,42). The SMILES string of the molecule is Cn1cc(CCC(=S)NCCCc2cn(C(c3ccccc3)(c3ccccc3)c3ccccc3)cn2)c2ccccc21. The molecule has 6 aromatic rings. The number of aryl methyl sites for hydroxylation is 3. The predicted molar refractivity (Wildman–Crippen MR) is 177 cm³/mol. The monoisotopic (exact) mass is 568 g/mol. The summed E-state index contributed by atoms with van der Waals surface area (Å²) in [5.41, 5.74) is 6.75. The molecule has 0 atom stereocenters. The van der Waals surface area contributed by atoms with E-state index in [0.29, 0.717) is 0 Å². The van der Waals surface area contributed by atoms with Crippen molar-refractivity contribution in [2.75, 3.05) is 6.54 Å². The maximum absolute atomic E-state index is 5.69. The molecule has 0 aliphatic heterocycles. The van der Waals surface area contributed by atoms with E-state index in [9.17, 15) is 0 Å². The fourth-order valence-electron chi connectivity index (χ4n) is 6.12. The summed E-state index contributed by atoms with van der Waals surface area (Å²) in [6, 6.07) is 40.7. The average Bonchev–Trinajstić information content (AvgIpc) is 3.65. The Labute approximate surface area is 253 Å². The van der Waals surface area contributed by atoms with Crippen molar-refractivity contribution in [3.8, 4) is 0 Å². The first-order valence-corrected chi connectivity index (χ1v) is 15.1. The minimum atomic E-state index is -0.531. The van der Waals surface area contributed by atoms with Crippen molar-refractivity contribution in [1.29, 1.82) is 0 Å². The summed E-state index contributed by atoms with van der Waals surface area (Å²) in [6.07, 6.45) is 10.1. The minimum Gasteiger partial charge on any atom is -0.380 e. The second-order valence-electron chi connectivity index (χ2n) is 10.8. The van der Waals surface area contributed by atoms with Crippen LogP contribution in [0.5, 0.6) is 0 Å². The Morgan fingerprint density at radius 1 is 0.738 bits per heavy atom. The first-order valence-electron chi connectivity index (χ1n) is 14.7. The quantitative estimate of drug-likeness (QED) is 0.0988. The van der Waals surface area contributed by atoms with Crippen LogP contribution in [-0.2, 0) is 25.4 Å². The summed E-state index contributed by atoms with van der Waals surface area (Å²) < 4.78 is 4.48. The lowest BCUT2D eigenvalue weighted by Crippen LogP contribution is -2.36. The molecule has 1 N–H and O–H groups in total. The van der Waals surface area contributed by atoms with E-state index in [1.165, 1.54) is 33.2 Å². The highest BCUT2D eigenvalue weighted by molar-refractivity contribution is 7.80. The van der Waals surface area contributed by atoms with E-state index in [2.05, 4.69) is 149 Å². The molecule has 0 fully saturated rings. The summed E-state index contributed by atoms with van der Waals surface area (Å²) in [5.74, 6) is 0. The molecule has 6 rings (SSSR count). The van der Waals surface area contributed by atoms with Crippen LogP contribution in [0.15, 0.2) is 134 Å². The van der Waals surface area contributed by atoms with Crippen LogP contribution in [0, 0.1) is 0 Å². The normalized spacial score (nSPS) is 11.5. The molecule has 2 heterocycles. The maximum atomic E-state index is 5.69. The highest BCUT2D eigenvalue weighted by Gasteiger charge is 2.38. The van der Waals surface area contributed by atoms with Crippen LogP contribution in [0.25, 0.3) is 10.9 Å². The molecule has 0 saturated carbocycles. The number of hydrogen-bond donors (Lipinski definition) is 1. The van der Waals surface area contributed by atoms with E-state index in [4.69, 9.17) is 17.2 Å². The Morgan fingerprint density at radius 2 is 1.31 bits per heavy atom. The van der Waals surface area contributed by atoms with Gasteiger partial charge in [0.1, 0.15) is 5.54 Å². The Bertz CT molecular complexity index is 1660. The van der Waals surface area contributed by atoms with Gasteiger partial charge < -0.3 is 14.5 Å². The van der Waals surface area contributed by atoms with E-state index in [1.807, 2.05) is 6.33 Å². The largest absolute Gasteiger partial charge is 0.380 e. The van der Waals surface area contributed by atoms with Gasteiger partial charge in [-0.1, -0.05) is 121 Å². The zero-order valence-corrected chi connectivity index (χ0v) is 24.8. The van der Waals surface area contributed by atoms with Gasteiger partial charge in [-0.15, -0.1) is 0 Å². The number of imidazole rings is 1. The van der Waals surface area contributed by atoms with E-state index in [1.54, 1.807) is 0 Å². The van der Waals surface area contributed by atoms with Crippen molar-refractivity contribution in [3.05, 3.63) is 162 Å². The summed E-state index contributed by atoms with van der Waals surface area (Å²) >= 11 is 5.69. The Morgan fingerprint density at radius 3 is 1.93 bits per heavy atom. The molecule has 5 heteroatoms. The van der Waals surface area contributed by atoms with Gasteiger partial charge in [0.15, 0.2) is 0 Å². The molecular formula is C37H36N4S. The molecule has 0 aliphatic rings. The van der Waals surface area contributed by atoms with Crippen LogP contribution < -0.4 is 5.32 Å². The second-order valence-corrected chi connectivity index (χ2v) is 11.3. The number of benzene rings is 4. The van der Waals surface area contributed by atoms with Gasteiger partial charge in [0.05, 0.1) is 17.0 Å². The van der Waals surface area contributed by atoms with Gasteiger partial charge in [0, 0.05) is 43.3 Å². The molecule has 0 bridgehead atoms. The van der Waals surface area contributed by atoms with E-state index >= 15 is 0 Å². The molecular weight excluding hydrogens is 533 g/mol. The number of rotatable bonds is 11. The van der Waals surface area contributed by atoms with Crippen LogP contribution in [-0.4, -0.2) is 25.7 Å². The molecule has 4 nitrogen and oxygen atoms in total. The fraction of sp³-hybridized carbons (Fsp3) is 0.189. The Kier molecular flexibility index (Phi) is 8.29. The first-order chi connectivity index (χ1) is 20.7. The highest BCUT2D eigenvalue weighted by Crippen LogP contribution is 2.40. The van der Waals surface area contributed by atoms with Gasteiger partial charge in [-0.05, 0) is 47.6 Å². The molecule has 210 valence electrons. The lowest BCUT2D eigenvalue weighted by molar-refractivity contribution is 0.514. The predicted octanol–water partition coefficient (Wildman–Crippen LogP) is 7.70. The second kappa shape index (κ2) is 12.6. The van der Waals surface area contributed by atoms with Gasteiger partial charge in [0.25, 0.3) is 0 Å². The smallest absolute Gasteiger partial charge is 0.121 e. The van der Waals surface area contributed by atoms with Gasteiger partial charge in [-0.3, -0.25) is 0 Å². The molecule has 0 unspecified atom stereocenters. The van der Waals surface area contributed by atoms with Crippen LogP contribution in [0.4, 0.5) is 0 Å². The molecule has 0 saturated heterocycles. The van der Waals surface area contributed by atoms with E-state index in [-0.39, 0.29) is 0 Å². The topological polar surface area (TPSA) is 34.8 Å². The fourth-order valence-corrected chi connectivity index (χ4v) is 6.32. The van der Waals surface area contributed by atoms with Crippen molar-refractivity contribution in [1.82, 2.24) is 19.4 Å². The van der Waals surface area contributed by atoms with Gasteiger partial charge in [-0.2, -0.15) is 0 Å². The van der Waals surface area contributed by atoms with Crippen LogP contribution in [0.2, 0.25) is 0 Å². The van der Waals surface area contributed by atoms with E-state index < -0.39 is 5.54 Å². The van der Waals surface area contributed by atoms with Crippen LogP contribution >= 0.6 is 12.2 Å². The Hall–Kier alpha value is -4.48. The van der Waals surface area contributed by atoms with Gasteiger partial charge in [0.2, 0.25) is 0 Å². The number of hydrogen-bond acceptors (Lipinski definition) is 2. The average molecular weight is 569 g/mol. The number of nitrogens with zero attached hydrogens (tertiary/aromatic N) is 3. The Balaban J connectivity index is 1.15. The van der Waals surface area contributed by atoms with Crippen molar-refractivity contribution >= 4 is 28.1 Å². The van der Waals surface area contributed by atoms with Gasteiger partial charge >= 0.3 is 0 Å². The van der Waals surface area contributed by atoms with Crippen LogP contribution in [0.1, 0.15) is 40.8 Å². The zero-order chi connectivity index (χ0) is 28.8. The number of aromatic nitrogens is 3. The highest BCUT2D eigenvalue weighted by atomic mass is 32.1. The lowest BCUT2D eigenvalue weighted by Gasteiger charge is -2.37. The third-order valence-electron chi connectivity index (χ3n) is 8.13. The third-order valence-corrected chi connectivity index (χ3v) is 8.48. The van der Waals surface area contributed by atoms with Crippen LogP contribution in [0.3, 0.4) is 0 Å². The summed E-state index contributed by atoms with van der Waals surface area (Å²) in [4.78, 5) is 5.80. The minimum absolute atomic E-state index is 0.531. The number of thiocarbonyl (C=S) groups is 1. The number of fused-ring (bicyclic) bond motifs is 1. The molecule has 2 aromatic heterocycles. The maximum Gasteiger partial charge on any atom is 0.121 e. The zero-order valence-electron chi connectivity index (χ0n) is 24.0. The summed E-state index contributed by atoms with van der Waals surface area (Å²) in [5, 5.41) is 4.80. The van der Waals surface area contributed by atoms with E-state index in [0.717, 1.165) is 42.9 Å². The first kappa shape index (κ1) is 27.7. The number of para-hydroxylation sites is 1. The van der Waals surface area contributed by atoms with Crippen molar-refractivity contribution in [2.24, 2.45) is 7.05 Å². The molecule has 42 heavy (non-hydrogen) atoms. The summed E-state index contributed by atoms with van der Waals surface area (Å²) in [6.45, 7) is 0.836. The molecule has 0 radical (unpaired) electrons. The molecule has 4 aromatic carbocycles. The van der Waals surface area contributed by atoms with Crippen molar-refractivity contribution in [3.63, 3.8) is 0 Å². The molecule has 0 amide bonds.